The molecule has 3 aromatic heterocycles. The molecule has 1 saturated heterocycles. The van der Waals surface area contributed by atoms with E-state index in [0.717, 1.165) is 58.6 Å². The molecule has 1 N–H and O–H groups in total. The monoisotopic (exact) mass is 422 g/mol. The van der Waals surface area contributed by atoms with Crippen molar-refractivity contribution >= 4 is 16.7 Å². The number of aromatic nitrogens is 5. The number of H-pyrrole nitrogens is 1. The van der Waals surface area contributed by atoms with Gasteiger partial charge in [0.1, 0.15) is 18.0 Å². The Labute approximate surface area is 185 Å². The second-order valence-corrected chi connectivity index (χ2v) is 8.18. The Morgan fingerprint density at radius 3 is 3.00 bits per heavy atom. The number of nitrogens with zero attached hydrogens (tertiary/aromatic N) is 7. The standard InChI is InChI=1S/C24H22N8/c1-16-3-2-4-22(20(16)11-26)31-10-7-17(13-31)21(5-8-25)32-14-18(12-30-32)23-19-6-9-27-24(19)29-15-28-23/h2-4,6,9,12,14-15,17,21H,5,7,10,13H2,1H3,(H,27,28,29)/t17?,21-/m0/s1. The maximum atomic E-state index is 9.62. The number of rotatable bonds is 5. The molecule has 1 unspecified atom stereocenters. The van der Waals surface area contributed by atoms with E-state index in [4.69, 9.17) is 0 Å². The average molecular weight is 422 g/mol. The van der Waals surface area contributed by atoms with E-state index in [1.165, 1.54) is 0 Å². The first-order chi connectivity index (χ1) is 15.7. The zero-order chi connectivity index (χ0) is 22.1. The van der Waals surface area contributed by atoms with Crippen molar-refractivity contribution < 1.29 is 0 Å². The Balaban J connectivity index is 1.42. The highest BCUT2D eigenvalue weighted by Crippen LogP contribution is 2.35. The van der Waals surface area contributed by atoms with Crippen molar-refractivity contribution in [2.75, 3.05) is 18.0 Å². The minimum Gasteiger partial charge on any atom is -0.370 e. The Morgan fingerprint density at radius 2 is 2.16 bits per heavy atom. The van der Waals surface area contributed by atoms with Crippen LogP contribution < -0.4 is 4.90 Å². The lowest BCUT2D eigenvalue weighted by atomic mass is 9.96. The van der Waals surface area contributed by atoms with E-state index >= 15 is 0 Å². The van der Waals surface area contributed by atoms with Crippen molar-refractivity contribution in [1.29, 1.82) is 10.5 Å². The summed E-state index contributed by atoms with van der Waals surface area (Å²) in [6.45, 7) is 3.61. The predicted octanol–water partition coefficient (Wildman–Crippen LogP) is 3.98. The highest BCUT2D eigenvalue weighted by Gasteiger charge is 2.32. The van der Waals surface area contributed by atoms with E-state index in [-0.39, 0.29) is 12.0 Å². The molecule has 1 aliphatic heterocycles. The second kappa shape index (κ2) is 8.16. The van der Waals surface area contributed by atoms with Gasteiger partial charge < -0.3 is 9.88 Å². The molecule has 4 heterocycles. The molecule has 5 rings (SSSR count). The van der Waals surface area contributed by atoms with Gasteiger partial charge >= 0.3 is 0 Å². The maximum Gasteiger partial charge on any atom is 0.141 e. The number of benzene rings is 1. The third kappa shape index (κ3) is 3.36. The molecule has 0 amide bonds. The van der Waals surface area contributed by atoms with E-state index < -0.39 is 0 Å². The van der Waals surface area contributed by atoms with E-state index in [1.54, 1.807) is 12.5 Å². The van der Waals surface area contributed by atoms with Crippen molar-refractivity contribution in [3.05, 3.63) is 60.3 Å². The van der Waals surface area contributed by atoms with Gasteiger partial charge in [0.2, 0.25) is 0 Å². The van der Waals surface area contributed by atoms with Gasteiger partial charge in [-0.3, -0.25) is 4.68 Å². The van der Waals surface area contributed by atoms with Crippen molar-refractivity contribution in [3.63, 3.8) is 0 Å². The van der Waals surface area contributed by atoms with Crippen LogP contribution in [0.25, 0.3) is 22.3 Å². The van der Waals surface area contributed by atoms with E-state index in [0.29, 0.717) is 6.42 Å². The molecule has 0 bridgehead atoms. The number of hydrogen-bond acceptors (Lipinski definition) is 6. The fraction of sp³-hybridized carbons (Fsp3) is 0.292. The Bertz CT molecular complexity index is 1350. The number of nitriles is 2. The summed E-state index contributed by atoms with van der Waals surface area (Å²) in [5.41, 5.74) is 5.20. The van der Waals surface area contributed by atoms with Gasteiger partial charge in [0.15, 0.2) is 0 Å². The van der Waals surface area contributed by atoms with Crippen LogP contribution in [0.1, 0.15) is 30.0 Å². The van der Waals surface area contributed by atoms with Crippen molar-refractivity contribution in [2.45, 2.75) is 25.8 Å². The first-order valence-electron chi connectivity index (χ1n) is 10.6. The average Bonchev–Trinajstić information content (AvgIpc) is 3.57. The molecule has 0 spiro atoms. The Hall–Kier alpha value is -4.17. The summed E-state index contributed by atoms with van der Waals surface area (Å²) in [6.07, 6.45) is 8.49. The van der Waals surface area contributed by atoms with Crippen molar-refractivity contribution in [2.24, 2.45) is 5.92 Å². The van der Waals surface area contributed by atoms with E-state index in [9.17, 15) is 10.5 Å². The fourth-order valence-corrected chi connectivity index (χ4v) is 4.70. The summed E-state index contributed by atoms with van der Waals surface area (Å²) in [7, 11) is 0. The molecule has 1 fully saturated rings. The number of anilines is 1. The Morgan fingerprint density at radius 1 is 1.25 bits per heavy atom. The van der Waals surface area contributed by atoms with Crippen LogP contribution in [0, 0.1) is 35.5 Å². The molecule has 0 aliphatic carbocycles. The summed E-state index contributed by atoms with van der Waals surface area (Å²) < 4.78 is 1.91. The van der Waals surface area contributed by atoms with Gasteiger partial charge in [0, 0.05) is 42.4 Å². The third-order valence-electron chi connectivity index (χ3n) is 6.34. The minimum absolute atomic E-state index is 0.0438. The van der Waals surface area contributed by atoms with Gasteiger partial charge in [0.05, 0.1) is 41.7 Å². The van der Waals surface area contributed by atoms with Crippen LogP contribution in [0.15, 0.2) is 49.2 Å². The zero-order valence-corrected chi connectivity index (χ0v) is 17.7. The maximum absolute atomic E-state index is 9.62. The van der Waals surface area contributed by atoms with E-state index in [2.05, 4.69) is 37.1 Å². The number of fused-ring (bicyclic) bond motifs is 1. The molecule has 0 saturated carbocycles. The highest BCUT2D eigenvalue weighted by atomic mass is 15.3. The predicted molar refractivity (Wildman–Crippen MR) is 121 cm³/mol. The van der Waals surface area contributed by atoms with Gasteiger partial charge in [-0.15, -0.1) is 0 Å². The second-order valence-electron chi connectivity index (χ2n) is 8.18. The van der Waals surface area contributed by atoms with Crippen molar-refractivity contribution in [3.8, 4) is 23.4 Å². The summed E-state index contributed by atoms with van der Waals surface area (Å²) in [5.74, 6) is 0.257. The summed E-state index contributed by atoms with van der Waals surface area (Å²) in [6, 6.07) is 12.6. The third-order valence-corrected chi connectivity index (χ3v) is 6.34. The van der Waals surface area contributed by atoms with Crippen LogP contribution >= 0.6 is 0 Å². The fourth-order valence-electron chi connectivity index (χ4n) is 4.70. The molecule has 0 radical (unpaired) electrons. The van der Waals surface area contributed by atoms with Gasteiger partial charge in [-0.1, -0.05) is 12.1 Å². The molecule has 2 atom stereocenters. The number of aryl methyl sites for hydroxylation is 1. The van der Waals surface area contributed by atoms with Crippen molar-refractivity contribution in [1.82, 2.24) is 24.7 Å². The Kier molecular flexibility index (Phi) is 5.04. The molecule has 32 heavy (non-hydrogen) atoms. The van der Waals surface area contributed by atoms with Gasteiger partial charge in [-0.05, 0) is 31.0 Å². The van der Waals surface area contributed by atoms with Crippen LogP contribution in [0.4, 0.5) is 5.69 Å². The highest BCUT2D eigenvalue weighted by molar-refractivity contribution is 5.89. The van der Waals surface area contributed by atoms with Gasteiger partial charge in [0.25, 0.3) is 0 Å². The summed E-state index contributed by atoms with van der Waals surface area (Å²) >= 11 is 0. The first-order valence-corrected chi connectivity index (χ1v) is 10.6. The minimum atomic E-state index is -0.0438. The van der Waals surface area contributed by atoms with Crippen LogP contribution in [0.5, 0.6) is 0 Å². The number of nitrogens with one attached hydrogen (secondary N) is 1. The molecule has 1 aromatic carbocycles. The molecule has 8 nitrogen and oxygen atoms in total. The van der Waals surface area contributed by atoms with Crippen LogP contribution in [-0.4, -0.2) is 37.8 Å². The zero-order valence-electron chi connectivity index (χ0n) is 17.7. The van der Waals surface area contributed by atoms with Gasteiger partial charge in [-0.2, -0.15) is 15.6 Å². The number of hydrogen-bond donors (Lipinski definition) is 1. The lowest BCUT2D eigenvalue weighted by Gasteiger charge is -2.24. The molecule has 158 valence electrons. The normalized spacial score (nSPS) is 16.7. The molecule has 1 aliphatic rings. The topological polar surface area (TPSA) is 110 Å². The lowest BCUT2D eigenvalue weighted by Crippen LogP contribution is -2.25. The summed E-state index contributed by atoms with van der Waals surface area (Å²) in [4.78, 5) is 14.1. The van der Waals surface area contributed by atoms with Crippen LogP contribution in [-0.2, 0) is 0 Å². The van der Waals surface area contributed by atoms with Crippen LogP contribution in [0.3, 0.4) is 0 Å². The summed E-state index contributed by atoms with van der Waals surface area (Å²) in [5, 5.41) is 24.7. The lowest BCUT2D eigenvalue weighted by molar-refractivity contribution is 0.332. The first kappa shape index (κ1) is 19.8. The largest absolute Gasteiger partial charge is 0.370 e. The number of aromatic amines is 1. The quantitative estimate of drug-likeness (QED) is 0.521. The molecule has 4 aromatic rings. The van der Waals surface area contributed by atoms with E-state index in [1.807, 2.05) is 48.3 Å². The SMILES string of the molecule is Cc1cccc(N2CCC([C@H](CC#N)n3cc(-c4ncnc5[nH]ccc45)cn3)C2)c1C#N. The smallest absolute Gasteiger partial charge is 0.141 e. The molecular formula is C24H22N8. The van der Waals surface area contributed by atoms with Crippen LogP contribution in [0.2, 0.25) is 0 Å². The molecular weight excluding hydrogens is 400 g/mol. The van der Waals surface area contributed by atoms with Gasteiger partial charge in [-0.25, -0.2) is 9.97 Å². The molecule has 8 heteroatoms.